The summed E-state index contributed by atoms with van der Waals surface area (Å²) in [6, 6.07) is 13.8. The predicted octanol–water partition coefficient (Wildman–Crippen LogP) is 3.95. The Bertz CT molecular complexity index is 838. The van der Waals surface area contributed by atoms with Crippen molar-refractivity contribution in [1.82, 2.24) is 5.43 Å². The molecule has 0 bridgehead atoms. The first-order valence-electron chi connectivity index (χ1n) is 7.47. The van der Waals surface area contributed by atoms with E-state index in [-0.39, 0.29) is 0 Å². The second-order valence-corrected chi connectivity index (χ2v) is 7.09. The molecule has 0 aromatic heterocycles. The van der Waals surface area contributed by atoms with E-state index in [1.807, 2.05) is 42.5 Å². The molecule has 2 aliphatic rings. The molecule has 0 aliphatic carbocycles. The van der Waals surface area contributed by atoms with Crippen molar-refractivity contribution in [2.24, 2.45) is 10.1 Å². The highest BCUT2D eigenvalue weighted by molar-refractivity contribution is 9.10. The van der Waals surface area contributed by atoms with Gasteiger partial charge < -0.3 is 9.47 Å². The van der Waals surface area contributed by atoms with Crippen LogP contribution in [-0.2, 0) is 0 Å². The van der Waals surface area contributed by atoms with Crippen molar-refractivity contribution in [3.8, 4) is 11.5 Å². The molecule has 0 spiro atoms. The number of nitrogens with zero attached hydrogens (tertiary/aromatic N) is 2. The maximum absolute atomic E-state index is 5.63. The summed E-state index contributed by atoms with van der Waals surface area (Å²) in [5.41, 5.74) is 5.91. The summed E-state index contributed by atoms with van der Waals surface area (Å²) in [6.07, 6.45) is 0. The van der Waals surface area contributed by atoms with Crippen LogP contribution in [0.2, 0.25) is 0 Å². The van der Waals surface area contributed by atoms with Gasteiger partial charge >= 0.3 is 0 Å². The zero-order valence-electron chi connectivity index (χ0n) is 12.7. The maximum Gasteiger partial charge on any atom is 0.182 e. The molecule has 5 nitrogen and oxygen atoms in total. The Morgan fingerprint density at radius 3 is 2.75 bits per heavy atom. The van der Waals surface area contributed by atoms with Crippen molar-refractivity contribution in [1.29, 1.82) is 0 Å². The van der Waals surface area contributed by atoms with Gasteiger partial charge in [0.2, 0.25) is 0 Å². The molecule has 0 radical (unpaired) electrons. The largest absolute Gasteiger partial charge is 0.486 e. The van der Waals surface area contributed by atoms with Crippen molar-refractivity contribution < 1.29 is 9.47 Å². The molecule has 0 saturated carbocycles. The highest BCUT2D eigenvalue weighted by Crippen LogP contribution is 2.31. The van der Waals surface area contributed by atoms with Crippen LogP contribution < -0.4 is 14.9 Å². The highest BCUT2D eigenvalue weighted by atomic mass is 79.9. The van der Waals surface area contributed by atoms with Crippen molar-refractivity contribution in [3.05, 3.63) is 52.5 Å². The van der Waals surface area contributed by atoms with E-state index < -0.39 is 0 Å². The first kappa shape index (κ1) is 15.5. The molecule has 0 unspecified atom stereocenters. The Kier molecular flexibility index (Phi) is 4.44. The van der Waals surface area contributed by atoms with Crippen LogP contribution in [0.4, 0.5) is 5.69 Å². The van der Waals surface area contributed by atoms with Gasteiger partial charge in [0, 0.05) is 15.8 Å². The Hall–Kier alpha value is -1.99. The molecule has 0 atom stereocenters. The third-order valence-electron chi connectivity index (χ3n) is 3.55. The van der Waals surface area contributed by atoms with Gasteiger partial charge in [-0.25, -0.2) is 4.99 Å². The van der Waals surface area contributed by atoms with Crippen LogP contribution in [0.5, 0.6) is 11.5 Å². The van der Waals surface area contributed by atoms with E-state index in [1.54, 1.807) is 11.8 Å². The summed E-state index contributed by atoms with van der Waals surface area (Å²) in [5.74, 6) is 2.32. The Morgan fingerprint density at radius 2 is 1.96 bits per heavy atom. The quantitative estimate of drug-likeness (QED) is 0.824. The van der Waals surface area contributed by atoms with Crippen LogP contribution in [0.3, 0.4) is 0 Å². The van der Waals surface area contributed by atoms with Crippen LogP contribution in [0.25, 0.3) is 0 Å². The number of thioether (sulfide) groups is 1. The fourth-order valence-electron chi connectivity index (χ4n) is 2.41. The number of halogens is 1. The molecule has 0 amide bonds. The van der Waals surface area contributed by atoms with E-state index >= 15 is 0 Å². The van der Waals surface area contributed by atoms with Gasteiger partial charge in [0.1, 0.15) is 13.2 Å². The maximum atomic E-state index is 5.63. The van der Waals surface area contributed by atoms with Crippen molar-refractivity contribution in [3.63, 3.8) is 0 Å². The molecule has 2 aromatic rings. The summed E-state index contributed by atoms with van der Waals surface area (Å²) in [5, 5.41) is 5.24. The van der Waals surface area contributed by atoms with Crippen LogP contribution >= 0.6 is 27.7 Å². The first-order chi connectivity index (χ1) is 11.8. The van der Waals surface area contributed by atoms with Crippen LogP contribution in [0.1, 0.15) is 5.56 Å². The lowest BCUT2D eigenvalue weighted by molar-refractivity contribution is 0.171. The monoisotopic (exact) mass is 403 g/mol. The summed E-state index contributed by atoms with van der Waals surface area (Å²) in [6.45, 7) is 1.18. The summed E-state index contributed by atoms with van der Waals surface area (Å²) in [4.78, 5) is 4.56. The lowest BCUT2D eigenvalue weighted by Crippen LogP contribution is -2.25. The zero-order valence-corrected chi connectivity index (χ0v) is 15.1. The predicted molar refractivity (Wildman–Crippen MR) is 101 cm³/mol. The fraction of sp³-hybridized carbons (Fsp3) is 0.176. The number of benzene rings is 2. The average Bonchev–Trinajstić information content (AvgIpc) is 2.62. The topological polar surface area (TPSA) is 55.2 Å². The highest BCUT2D eigenvalue weighted by Gasteiger charge is 2.17. The average molecular weight is 404 g/mol. The molecule has 4 rings (SSSR count). The molecule has 24 heavy (non-hydrogen) atoms. The number of fused-ring (bicyclic) bond motifs is 1. The second-order valence-electron chi connectivity index (χ2n) is 5.21. The number of aliphatic imine (C=N–C) groups is 1. The van der Waals surface area contributed by atoms with Crippen molar-refractivity contribution in [2.75, 3.05) is 19.0 Å². The molecule has 1 N–H and O–H groups in total. The van der Waals surface area contributed by atoms with E-state index in [0.29, 0.717) is 13.2 Å². The first-order valence-corrected chi connectivity index (χ1v) is 9.25. The molecule has 0 fully saturated rings. The number of rotatable bonds is 2. The summed E-state index contributed by atoms with van der Waals surface area (Å²) >= 11 is 5.08. The van der Waals surface area contributed by atoms with E-state index in [0.717, 1.165) is 43.9 Å². The zero-order chi connectivity index (χ0) is 16.4. The number of ether oxygens (including phenoxy) is 2. The number of nitrogens with one attached hydrogen (secondary N) is 1. The third kappa shape index (κ3) is 3.42. The van der Waals surface area contributed by atoms with Crippen LogP contribution in [-0.4, -0.2) is 29.8 Å². The van der Waals surface area contributed by atoms with E-state index in [1.165, 1.54) is 0 Å². The van der Waals surface area contributed by atoms with Crippen LogP contribution in [0.15, 0.2) is 57.0 Å². The summed E-state index contributed by atoms with van der Waals surface area (Å²) in [7, 11) is 0. The number of hydrogen-bond acceptors (Lipinski definition) is 5. The number of hydrogen-bond donors (Lipinski definition) is 1. The normalized spacial score (nSPS) is 18.0. The van der Waals surface area contributed by atoms with Gasteiger partial charge in [-0.3, -0.25) is 5.43 Å². The lowest BCUT2D eigenvalue weighted by Gasteiger charge is -2.20. The van der Waals surface area contributed by atoms with E-state index in [4.69, 9.17) is 9.47 Å². The number of amidine groups is 1. The Morgan fingerprint density at radius 1 is 1.08 bits per heavy atom. The minimum absolute atomic E-state index is 0.583. The second kappa shape index (κ2) is 6.86. The van der Waals surface area contributed by atoms with E-state index in [9.17, 15) is 0 Å². The van der Waals surface area contributed by atoms with Crippen LogP contribution in [0, 0.1) is 0 Å². The lowest BCUT2D eigenvalue weighted by atomic mass is 10.1. The third-order valence-corrected chi connectivity index (χ3v) is 4.91. The van der Waals surface area contributed by atoms with Crippen molar-refractivity contribution in [2.45, 2.75) is 0 Å². The smallest absolute Gasteiger partial charge is 0.182 e. The SMILES string of the molecule is Brc1cccc(N=C2NN=C(c3ccc4c(c3)OCCO4)CS2)c1. The number of hydrazone groups is 1. The van der Waals surface area contributed by atoms with Gasteiger partial charge in [0.05, 0.1) is 11.4 Å². The Labute approximate surface area is 152 Å². The minimum atomic E-state index is 0.583. The molecule has 2 aromatic carbocycles. The molecule has 0 saturated heterocycles. The van der Waals surface area contributed by atoms with E-state index in [2.05, 4.69) is 31.4 Å². The molecule has 7 heteroatoms. The molecular weight excluding hydrogens is 390 g/mol. The molecule has 122 valence electrons. The van der Waals surface area contributed by atoms with Gasteiger partial charge in [-0.15, -0.1) is 0 Å². The standard InChI is InChI=1S/C17H14BrN3O2S/c18-12-2-1-3-13(9-12)19-17-21-20-14(10-24-17)11-4-5-15-16(8-11)23-7-6-22-15/h1-5,8-9H,6-7,10H2,(H,19,21). The molecular formula is C17H14BrN3O2S. The van der Waals surface area contributed by atoms with Gasteiger partial charge in [0.25, 0.3) is 0 Å². The van der Waals surface area contributed by atoms with Gasteiger partial charge in [0.15, 0.2) is 16.7 Å². The van der Waals surface area contributed by atoms with Crippen molar-refractivity contribution >= 4 is 44.3 Å². The van der Waals surface area contributed by atoms with Gasteiger partial charge in [-0.1, -0.05) is 33.8 Å². The Balaban J connectivity index is 1.52. The molecule has 2 aliphatic heterocycles. The summed E-state index contributed by atoms with van der Waals surface area (Å²) < 4.78 is 12.2. The molecule has 2 heterocycles. The minimum Gasteiger partial charge on any atom is -0.486 e. The van der Waals surface area contributed by atoms with Gasteiger partial charge in [-0.2, -0.15) is 5.10 Å². The fourth-order valence-corrected chi connectivity index (χ4v) is 3.58. The van der Waals surface area contributed by atoms with Gasteiger partial charge in [-0.05, 0) is 36.4 Å².